The zero-order chi connectivity index (χ0) is 19.7. The van der Waals surface area contributed by atoms with E-state index >= 15 is 0 Å². The summed E-state index contributed by atoms with van der Waals surface area (Å²) in [4.78, 5) is 13.0. The van der Waals surface area contributed by atoms with E-state index in [9.17, 15) is 4.79 Å². The molecule has 2 N–H and O–H groups in total. The minimum atomic E-state index is -0.456. The highest BCUT2D eigenvalue weighted by molar-refractivity contribution is 5.95. The second-order valence-corrected chi connectivity index (χ2v) is 7.41. The van der Waals surface area contributed by atoms with Crippen molar-refractivity contribution in [2.45, 2.75) is 25.9 Å². The predicted molar refractivity (Wildman–Crippen MR) is 111 cm³/mol. The van der Waals surface area contributed by atoms with Gasteiger partial charge in [-0.3, -0.25) is 4.79 Å². The molecule has 1 heterocycles. The lowest BCUT2D eigenvalue weighted by Gasteiger charge is -2.35. The van der Waals surface area contributed by atoms with Crippen molar-refractivity contribution >= 4 is 11.6 Å². The van der Waals surface area contributed by atoms with Crippen molar-refractivity contribution in [2.75, 3.05) is 38.7 Å². The Morgan fingerprint density at radius 2 is 1.82 bits per heavy atom. The largest absolute Gasteiger partial charge is 0.384 e. The zero-order valence-electron chi connectivity index (χ0n) is 16.6. The van der Waals surface area contributed by atoms with Crippen LogP contribution in [0.1, 0.15) is 24.0 Å². The SMILES string of the molecule is COCC1(C(=O)Nc2cccc(COCCc3ccccc3)c2)CCNCC1. The van der Waals surface area contributed by atoms with Gasteiger partial charge in [-0.05, 0) is 55.6 Å². The summed E-state index contributed by atoms with van der Waals surface area (Å²) < 4.78 is 11.2. The van der Waals surface area contributed by atoms with Crippen molar-refractivity contribution < 1.29 is 14.3 Å². The number of piperidine rings is 1. The summed E-state index contributed by atoms with van der Waals surface area (Å²) in [5.74, 6) is 0.0398. The maximum absolute atomic E-state index is 13.0. The lowest BCUT2D eigenvalue weighted by atomic mass is 9.78. The standard InChI is InChI=1S/C23H30N2O3/c1-27-18-23(11-13-24-14-12-23)22(26)25-21-9-5-8-20(16-21)17-28-15-10-19-6-3-2-4-7-19/h2-9,16,24H,10-15,17-18H2,1H3,(H,25,26). The molecule has 0 saturated carbocycles. The summed E-state index contributed by atoms with van der Waals surface area (Å²) in [5.41, 5.74) is 2.68. The van der Waals surface area contributed by atoms with Crippen LogP contribution in [0.5, 0.6) is 0 Å². The van der Waals surface area contributed by atoms with Gasteiger partial charge in [-0.2, -0.15) is 0 Å². The Hall–Kier alpha value is -2.21. The molecule has 1 saturated heterocycles. The summed E-state index contributed by atoms with van der Waals surface area (Å²) in [6.07, 6.45) is 2.47. The number of benzene rings is 2. The molecule has 2 aromatic rings. The van der Waals surface area contributed by atoms with Gasteiger partial charge >= 0.3 is 0 Å². The summed E-state index contributed by atoms with van der Waals surface area (Å²) in [5, 5.41) is 6.41. The second kappa shape index (κ2) is 10.4. The molecule has 1 fully saturated rings. The number of nitrogens with one attached hydrogen (secondary N) is 2. The van der Waals surface area contributed by atoms with Crippen molar-refractivity contribution in [1.82, 2.24) is 5.32 Å². The monoisotopic (exact) mass is 382 g/mol. The van der Waals surface area contributed by atoms with Gasteiger partial charge in [0.1, 0.15) is 0 Å². The molecule has 5 heteroatoms. The van der Waals surface area contributed by atoms with Gasteiger partial charge in [0.25, 0.3) is 0 Å². The van der Waals surface area contributed by atoms with Gasteiger partial charge in [-0.15, -0.1) is 0 Å². The summed E-state index contributed by atoms with van der Waals surface area (Å²) in [7, 11) is 1.66. The number of carbonyl (C=O) groups is 1. The number of carbonyl (C=O) groups excluding carboxylic acids is 1. The molecule has 0 bridgehead atoms. The number of rotatable bonds is 9. The van der Waals surface area contributed by atoms with E-state index < -0.39 is 5.41 Å². The van der Waals surface area contributed by atoms with Crippen LogP contribution in [0.3, 0.4) is 0 Å². The third-order valence-electron chi connectivity index (χ3n) is 5.29. The van der Waals surface area contributed by atoms with Crippen molar-refractivity contribution in [2.24, 2.45) is 5.41 Å². The minimum absolute atomic E-state index is 0.0398. The highest BCUT2D eigenvalue weighted by Crippen LogP contribution is 2.31. The van der Waals surface area contributed by atoms with E-state index in [4.69, 9.17) is 9.47 Å². The molecule has 0 aromatic heterocycles. The first-order valence-electron chi connectivity index (χ1n) is 9.94. The van der Waals surface area contributed by atoms with Crippen molar-refractivity contribution in [3.8, 4) is 0 Å². The highest BCUT2D eigenvalue weighted by atomic mass is 16.5. The molecule has 1 aliphatic rings. The van der Waals surface area contributed by atoms with Gasteiger partial charge in [-0.25, -0.2) is 0 Å². The maximum Gasteiger partial charge on any atom is 0.233 e. The lowest BCUT2D eigenvalue weighted by molar-refractivity contribution is -0.130. The Morgan fingerprint density at radius 1 is 1.07 bits per heavy atom. The molecule has 0 aliphatic carbocycles. The zero-order valence-corrected chi connectivity index (χ0v) is 16.6. The average Bonchev–Trinajstić information content (AvgIpc) is 2.73. The lowest BCUT2D eigenvalue weighted by Crippen LogP contribution is -2.47. The molecule has 3 rings (SSSR count). The van der Waals surface area contributed by atoms with Crippen LogP contribution in [0.4, 0.5) is 5.69 Å². The smallest absolute Gasteiger partial charge is 0.233 e. The van der Waals surface area contributed by atoms with E-state index in [2.05, 4.69) is 22.8 Å². The molecule has 150 valence electrons. The quantitative estimate of drug-likeness (QED) is 0.653. The van der Waals surface area contributed by atoms with Gasteiger partial charge in [0.15, 0.2) is 0 Å². The van der Waals surface area contributed by atoms with Gasteiger partial charge in [0.2, 0.25) is 5.91 Å². The normalized spacial score (nSPS) is 15.9. The number of ether oxygens (including phenoxy) is 2. The first-order valence-corrected chi connectivity index (χ1v) is 9.94. The average molecular weight is 383 g/mol. The Bertz CT molecular complexity index is 737. The first-order chi connectivity index (χ1) is 13.7. The topological polar surface area (TPSA) is 59.6 Å². The van der Waals surface area contributed by atoms with E-state index in [1.165, 1.54) is 5.56 Å². The van der Waals surface area contributed by atoms with Gasteiger partial charge < -0.3 is 20.1 Å². The van der Waals surface area contributed by atoms with E-state index in [0.717, 1.165) is 43.6 Å². The molecular formula is C23H30N2O3. The van der Waals surface area contributed by atoms with Crippen LogP contribution in [-0.2, 0) is 27.3 Å². The van der Waals surface area contributed by atoms with Crippen LogP contribution >= 0.6 is 0 Å². The van der Waals surface area contributed by atoms with E-state index in [0.29, 0.717) is 19.8 Å². The van der Waals surface area contributed by atoms with Crippen molar-refractivity contribution in [1.29, 1.82) is 0 Å². The summed E-state index contributed by atoms with van der Waals surface area (Å²) in [6.45, 7) is 3.33. The molecule has 0 spiro atoms. The van der Waals surface area contributed by atoms with Gasteiger partial charge in [0, 0.05) is 12.8 Å². The van der Waals surface area contributed by atoms with Crippen molar-refractivity contribution in [3.05, 3.63) is 65.7 Å². The highest BCUT2D eigenvalue weighted by Gasteiger charge is 2.39. The van der Waals surface area contributed by atoms with Crippen LogP contribution in [0.25, 0.3) is 0 Å². The summed E-state index contributed by atoms with van der Waals surface area (Å²) >= 11 is 0. The van der Waals surface area contributed by atoms with E-state index in [1.54, 1.807) is 7.11 Å². The fourth-order valence-corrected chi connectivity index (χ4v) is 3.65. The number of methoxy groups -OCH3 is 1. The molecule has 2 aromatic carbocycles. The van der Waals surface area contributed by atoms with Crippen LogP contribution in [-0.4, -0.2) is 39.3 Å². The molecule has 0 atom stereocenters. The fraction of sp³-hybridized carbons (Fsp3) is 0.435. The number of hydrogen-bond donors (Lipinski definition) is 2. The maximum atomic E-state index is 13.0. The Morgan fingerprint density at radius 3 is 2.57 bits per heavy atom. The fourth-order valence-electron chi connectivity index (χ4n) is 3.65. The first kappa shape index (κ1) is 20.5. The Kier molecular flexibility index (Phi) is 7.60. The van der Waals surface area contributed by atoms with E-state index in [-0.39, 0.29) is 5.91 Å². The molecule has 1 aliphatic heterocycles. The second-order valence-electron chi connectivity index (χ2n) is 7.41. The number of hydrogen-bond acceptors (Lipinski definition) is 4. The summed E-state index contributed by atoms with van der Waals surface area (Å²) in [6, 6.07) is 18.2. The van der Waals surface area contributed by atoms with Crippen LogP contribution < -0.4 is 10.6 Å². The molecule has 0 unspecified atom stereocenters. The van der Waals surface area contributed by atoms with Crippen LogP contribution in [0, 0.1) is 5.41 Å². The van der Waals surface area contributed by atoms with E-state index in [1.807, 2.05) is 42.5 Å². The van der Waals surface area contributed by atoms with Crippen LogP contribution in [0.2, 0.25) is 0 Å². The van der Waals surface area contributed by atoms with Gasteiger partial charge in [-0.1, -0.05) is 42.5 Å². The van der Waals surface area contributed by atoms with Crippen molar-refractivity contribution in [3.63, 3.8) is 0 Å². The van der Waals surface area contributed by atoms with Gasteiger partial charge in [0.05, 0.1) is 25.2 Å². The Balaban J connectivity index is 1.53. The minimum Gasteiger partial charge on any atom is -0.384 e. The molecule has 0 radical (unpaired) electrons. The molecule has 28 heavy (non-hydrogen) atoms. The third-order valence-corrected chi connectivity index (χ3v) is 5.29. The Labute approximate surface area is 167 Å². The third kappa shape index (κ3) is 5.64. The molecular weight excluding hydrogens is 352 g/mol. The molecule has 1 amide bonds. The number of amides is 1. The molecule has 5 nitrogen and oxygen atoms in total. The van der Waals surface area contributed by atoms with Crippen LogP contribution in [0.15, 0.2) is 54.6 Å². The number of anilines is 1. The predicted octanol–water partition coefficient (Wildman–Crippen LogP) is 3.40.